The van der Waals surface area contributed by atoms with Gasteiger partial charge in [-0.25, -0.2) is 0 Å². The molecule has 1 N–H and O–H groups in total. The Morgan fingerprint density at radius 3 is 2.71 bits per heavy atom. The molecule has 1 aromatic rings. The molecule has 0 aliphatic heterocycles. The average molecular weight is 258 g/mol. The van der Waals surface area contributed by atoms with E-state index in [-0.39, 0.29) is 5.75 Å². The Bertz CT molecular complexity index is 369. The van der Waals surface area contributed by atoms with Gasteiger partial charge in [-0.2, -0.15) is 0 Å². The van der Waals surface area contributed by atoms with Gasteiger partial charge in [0, 0.05) is 23.2 Å². The summed E-state index contributed by atoms with van der Waals surface area (Å²) in [5, 5.41) is 10.6. The van der Waals surface area contributed by atoms with Crippen molar-refractivity contribution in [1.29, 1.82) is 0 Å². The molecule has 0 atom stereocenters. The van der Waals surface area contributed by atoms with E-state index in [4.69, 9.17) is 16.3 Å². The van der Waals surface area contributed by atoms with Gasteiger partial charge in [-0.15, -0.1) is 0 Å². The first kappa shape index (κ1) is 14.1. The zero-order valence-electron chi connectivity index (χ0n) is 10.7. The molecule has 0 bridgehead atoms. The van der Waals surface area contributed by atoms with Crippen molar-refractivity contribution < 1.29 is 9.84 Å². The maximum atomic E-state index is 9.98. The fourth-order valence-electron chi connectivity index (χ4n) is 1.70. The molecule has 4 heteroatoms. The largest absolute Gasteiger partial charge is 0.504 e. The number of ether oxygens (including phenoxy) is 1. The summed E-state index contributed by atoms with van der Waals surface area (Å²) >= 11 is 5.98. The van der Waals surface area contributed by atoms with E-state index >= 15 is 0 Å². The molecule has 17 heavy (non-hydrogen) atoms. The molecule has 0 fully saturated rings. The topological polar surface area (TPSA) is 32.7 Å². The van der Waals surface area contributed by atoms with Crippen LogP contribution in [0.4, 0.5) is 0 Å². The van der Waals surface area contributed by atoms with Gasteiger partial charge in [0.1, 0.15) is 0 Å². The van der Waals surface area contributed by atoms with Crippen LogP contribution in [-0.2, 0) is 6.54 Å². The number of nitrogens with zero attached hydrogens (tertiary/aromatic N) is 1. The van der Waals surface area contributed by atoms with E-state index in [9.17, 15) is 5.11 Å². The standard InChI is InChI=1S/C13H20ClNO2/c1-4-5-6-15(2)9-10-7-11(14)8-12(17-3)13(10)16/h7-8,16H,4-6,9H2,1-3H3. The van der Waals surface area contributed by atoms with E-state index in [1.54, 1.807) is 12.1 Å². The number of phenols is 1. The summed E-state index contributed by atoms with van der Waals surface area (Å²) in [6, 6.07) is 3.40. The van der Waals surface area contributed by atoms with Gasteiger partial charge >= 0.3 is 0 Å². The molecular formula is C13H20ClNO2. The molecule has 0 amide bonds. The number of rotatable bonds is 6. The van der Waals surface area contributed by atoms with Gasteiger partial charge in [0.15, 0.2) is 11.5 Å². The fourth-order valence-corrected chi connectivity index (χ4v) is 1.93. The second-order valence-corrected chi connectivity index (χ2v) is 4.64. The van der Waals surface area contributed by atoms with Crippen molar-refractivity contribution in [2.45, 2.75) is 26.3 Å². The van der Waals surface area contributed by atoms with Gasteiger partial charge in [0.2, 0.25) is 0 Å². The van der Waals surface area contributed by atoms with Crippen LogP contribution < -0.4 is 4.74 Å². The van der Waals surface area contributed by atoms with Crippen molar-refractivity contribution in [2.24, 2.45) is 0 Å². The number of phenolic OH excluding ortho intramolecular Hbond substituents is 1. The van der Waals surface area contributed by atoms with Crippen molar-refractivity contribution in [3.05, 3.63) is 22.7 Å². The minimum atomic E-state index is 0.181. The number of halogens is 1. The van der Waals surface area contributed by atoms with Gasteiger partial charge < -0.3 is 14.7 Å². The van der Waals surface area contributed by atoms with Gasteiger partial charge in [-0.05, 0) is 26.1 Å². The molecule has 0 aliphatic carbocycles. The van der Waals surface area contributed by atoms with E-state index in [2.05, 4.69) is 11.8 Å². The van der Waals surface area contributed by atoms with E-state index in [0.29, 0.717) is 17.3 Å². The summed E-state index contributed by atoms with van der Waals surface area (Å²) in [7, 11) is 3.55. The first-order valence-electron chi connectivity index (χ1n) is 5.82. The van der Waals surface area contributed by atoms with Gasteiger partial charge in [0.05, 0.1) is 7.11 Å². The molecule has 1 aromatic carbocycles. The number of benzene rings is 1. The number of unbranched alkanes of at least 4 members (excludes halogenated alkanes) is 1. The molecule has 0 radical (unpaired) electrons. The van der Waals surface area contributed by atoms with Crippen molar-refractivity contribution in [3.8, 4) is 11.5 Å². The number of methoxy groups -OCH3 is 1. The summed E-state index contributed by atoms with van der Waals surface area (Å²) in [5.74, 6) is 0.608. The molecule has 0 unspecified atom stereocenters. The third-order valence-corrected chi connectivity index (χ3v) is 2.89. The molecule has 0 heterocycles. The zero-order chi connectivity index (χ0) is 12.8. The quantitative estimate of drug-likeness (QED) is 0.849. The molecule has 3 nitrogen and oxygen atoms in total. The van der Waals surface area contributed by atoms with Gasteiger partial charge in [-0.1, -0.05) is 24.9 Å². The SMILES string of the molecule is CCCCN(C)Cc1cc(Cl)cc(OC)c1O. The molecule has 0 aromatic heterocycles. The molecule has 0 saturated heterocycles. The zero-order valence-corrected chi connectivity index (χ0v) is 11.4. The van der Waals surface area contributed by atoms with Crippen molar-refractivity contribution >= 4 is 11.6 Å². The van der Waals surface area contributed by atoms with E-state index in [0.717, 1.165) is 24.9 Å². The number of hydrogen-bond acceptors (Lipinski definition) is 3. The first-order valence-corrected chi connectivity index (χ1v) is 6.20. The normalized spacial score (nSPS) is 10.9. The van der Waals surface area contributed by atoms with Crippen molar-refractivity contribution in [3.63, 3.8) is 0 Å². The lowest BCUT2D eigenvalue weighted by atomic mass is 10.1. The van der Waals surface area contributed by atoms with Crippen LogP contribution in [0.2, 0.25) is 5.02 Å². The van der Waals surface area contributed by atoms with Crippen molar-refractivity contribution in [2.75, 3.05) is 20.7 Å². The van der Waals surface area contributed by atoms with Crippen molar-refractivity contribution in [1.82, 2.24) is 4.90 Å². The van der Waals surface area contributed by atoms with Crippen LogP contribution in [0.15, 0.2) is 12.1 Å². The Kier molecular flexibility index (Phi) is 5.59. The minimum Gasteiger partial charge on any atom is -0.504 e. The van der Waals surface area contributed by atoms with Gasteiger partial charge in [0.25, 0.3) is 0 Å². The third kappa shape index (κ3) is 4.10. The Morgan fingerprint density at radius 2 is 2.12 bits per heavy atom. The predicted molar refractivity (Wildman–Crippen MR) is 70.9 cm³/mol. The Labute approximate surface area is 108 Å². The molecule has 0 aliphatic rings. The monoisotopic (exact) mass is 257 g/mol. The molecule has 96 valence electrons. The van der Waals surface area contributed by atoms with E-state index in [1.165, 1.54) is 7.11 Å². The smallest absolute Gasteiger partial charge is 0.162 e. The summed E-state index contributed by atoms with van der Waals surface area (Å²) < 4.78 is 5.08. The lowest BCUT2D eigenvalue weighted by Crippen LogP contribution is -2.19. The number of hydrogen-bond donors (Lipinski definition) is 1. The van der Waals surface area contributed by atoms with Crippen LogP contribution in [0, 0.1) is 0 Å². The lowest BCUT2D eigenvalue weighted by molar-refractivity contribution is 0.310. The molecule has 1 rings (SSSR count). The minimum absolute atomic E-state index is 0.181. The highest BCUT2D eigenvalue weighted by Gasteiger charge is 2.11. The van der Waals surface area contributed by atoms with E-state index < -0.39 is 0 Å². The lowest BCUT2D eigenvalue weighted by Gasteiger charge is -2.18. The fraction of sp³-hybridized carbons (Fsp3) is 0.538. The van der Waals surface area contributed by atoms with Crippen LogP contribution >= 0.6 is 11.6 Å². The highest BCUT2D eigenvalue weighted by atomic mass is 35.5. The second kappa shape index (κ2) is 6.72. The van der Waals surface area contributed by atoms with Crippen LogP contribution in [0.25, 0.3) is 0 Å². The van der Waals surface area contributed by atoms with Crippen LogP contribution in [-0.4, -0.2) is 30.7 Å². The Hall–Kier alpha value is -0.930. The molecule has 0 spiro atoms. The summed E-state index contributed by atoms with van der Waals surface area (Å²) in [4.78, 5) is 2.16. The number of aromatic hydroxyl groups is 1. The second-order valence-electron chi connectivity index (χ2n) is 4.21. The first-order chi connectivity index (χ1) is 8.08. The molecular weight excluding hydrogens is 238 g/mol. The van der Waals surface area contributed by atoms with Crippen LogP contribution in [0.5, 0.6) is 11.5 Å². The summed E-state index contributed by atoms with van der Waals surface area (Å²) in [5.41, 5.74) is 0.799. The van der Waals surface area contributed by atoms with E-state index in [1.807, 2.05) is 7.05 Å². The summed E-state index contributed by atoms with van der Waals surface area (Å²) in [6.45, 7) is 3.83. The van der Waals surface area contributed by atoms with Crippen LogP contribution in [0.3, 0.4) is 0 Å². The molecule has 0 saturated carbocycles. The maximum Gasteiger partial charge on any atom is 0.162 e. The predicted octanol–water partition coefficient (Wildman–Crippen LogP) is 3.29. The maximum absolute atomic E-state index is 9.98. The Morgan fingerprint density at radius 1 is 1.41 bits per heavy atom. The van der Waals surface area contributed by atoms with Crippen LogP contribution in [0.1, 0.15) is 25.3 Å². The highest BCUT2D eigenvalue weighted by Crippen LogP contribution is 2.33. The highest BCUT2D eigenvalue weighted by molar-refractivity contribution is 6.30. The Balaban J connectivity index is 2.79. The summed E-state index contributed by atoms with van der Waals surface area (Å²) in [6.07, 6.45) is 2.31. The van der Waals surface area contributed by atoms with Gasteiger partial charge in [-0.3, -0.25) is 0 Å². The average Bonchev–Trinajstić information content (AvgIpc) is 2.30. The third-order valence-electron chi connectivity index (χ3n) is 2.67.